The lowest BCUT2D eigenvalue weighted by atomic mass is 10.0. The van der Waals surface area contributed by atoms with Gasteiger partial charge in [-0.15, -0.1) is 0 Å². The molecule has 2 amide bonds. The predicted octanol–water partition coefficient (Wildman–Crippen LogP) is 8.19. The minimum absolute atomic E-state index is 0.0325. The Balaban J connectivity index is 1.56. The van der Waals surface area contributed by atoms with Crippen LogP contribution < -0.4 is 14.4 Å². The zero-order valence-electron chi connectivity index (χ0n) is 28.9. The van der Waals surface area contributed by atoms with E-state index in [9.17, 15) is 18.0 Å². The van der Waals surface area contributed by atoms with E-state index in [2.05, 4.69) is 5.32 Å². The highest BCUT2D eigenvalue weighted by Crippen LogP contribution is 2.29. The second-order valence-corrected chi connectivity index (χ2v) is 14.7. The number of halogens is 1. The Morgan fingerprint density at radius 1 is 0.765 bits per heavy atom. The topological polar surface area (TPSA) is 96.0 Å². The van der Waals surface area contributed by atoms with E-state index in [1.165, 1.54) is 17.0 Å². The molecule has 0 saturated heterocycles. The fourth-order valence-electron chi connectivity index (χ4n) is 5.45. The summed E-state index contributed by atoms with van der Waals surface area (Å²) >= 11 is 6.19. The molecule has 2 atom stereocenters. The second kappa shape index (κ2) is 17.2. The number of hydrogen-bond acceptors (Lipinski definition) is 5. The lowest BCUT2D eigenvalue weighted by molar-refractivity contribution is -0.140. The molecule has 0 aromatic heterocycles. The standard InChI is InChI=1S/C41H42ClN3O5S/c1-4-31(3)43-41(47)39(27-32-11-7-5-8-12-32)44(28-33-17-19-34(42)20-18-33)40(46)29-45(51(48,49)38-25-15-30(2)16-26-38)35-21-23-37(24-22-35)50-36-13-9-6-10-14-36/h5-26,31,39H,4,27-29H2,1-3H3,(H,43,47). The summed E-state index contributed by atoms with van der Waals surface area (Å²) in [5, 5.41) is 3.58. The molecule has 10 heteroatoms. The zero-order chi connectivity index (χ0) is 36.4. The van der Waals surface area contributed by atoms with Gasteiger partial charge >= 0.3 is 0 Å². The molecule has 0 saturated carbocycles. The van der Waals surface area contributed by atoms with Gasteiger partial charge in [0.1, 0.15) is 24.1 Å². The van der Waals surface area contributed by atoms with Crippen LogP contribution in [-0.4, -0.2) is 43.8 Å². The molecule has 5 aromatic carbocycles. The molecule has 0 spiro atoms. The second-order valence-electron chi connectivity index (χ2n) is 12.4. The highest BCUT2D eigenvalue weighted by Gasteiger charge is 2.35. The van der Waals surface area contributed by atoms with Gasteiger partial charge in [-0.3, -0.25) is 13.9 Å². The van der Waals surface area contributed by atoms with E-state index in [1.807, 2.05) is 81.4 Å². The molecular formula is C41H42ClN3O5S. The van der Waals surface area contributed by atoms with Crippen LogP contribution >= 0.6 is 11.6 Å². The molecule has 0 aliphatic heterocycles. The van der Waals surface area contributed by atoms with Crippen LogP contribution in [0.1, 0.15) is 37.0 Å². The van der Waals surface area contributed by atoms with E-state index >= 15 is 0 Å². The van der Waals surface area contributed by atoms with Gasteiger partial charge in [0, 0.05) is 24.0 Å². The number of hydrogen-bond donors (Lipinski definition) is 1. The first-order valence-electron chi connectivity index (χ1n) is 16.8. The average Bonchev–Trinajstić information content (AvgIpc) is 3.14. The maximum absolute atomic E-state index is 14.7. The van der Waals surface area contributed by atoms with Crippen molar-refractivity contribution in [2.75, 3.05) is 10.8 Å². The van der Waals surface area contributed by atoms with E-state index in [0.717, 1.165) is 21.0 Å². The average molecular weight is 724 g/mol. The highest BCUT2D eigenvalue weighted by molar-refractivity contribution is 7.92. The van der Waals surface area contributed by atoms with Gasteiger partial charge in [0.25, 0.3) is 10.0 Å². The monoisotopic (exact) mass is 723 g/mol. The Labute approximate surface area is 305 Å². The molecule has 1 N–H and O–H groups in total. The lowest BCUT2D eigenvalue weighted by Crippen LogP contribution is -2.54. The van der Waals surface area contributed by atoms with Gasteiger partial charge in [-0.2, -0.15) is 0 Å². The van der Waals surface area contributed by atoms with Crippen LogP contribution in [0, 0.1) is 6.92 Å². The first-order valence-corrected chi connectivity index (χ1v) is 18.7. The quantitative estimate of drug-likeness (QED) is 0.118. The van der Waals surface area contributed by atoms with Crippen molar-refractivity contribution in [3.8, 4) is 11.5 Å². The number of ether oxygens (including phenoxy) is 1. The van der Waals surface area contributed by atoms with E-state index in [0.29, 0.717) is 22.9 Å². The van der Waals surface area contributed by atoms with E-state index in [-0.39, 0.29) is 35.5 Å². The minimum Gasteiger partial charge on any atom is -0.457 e. The molecule has 8 nitrogen and oxygen atoms in total. The third-order valence-corrected chi connectivity index (χ3v) is 10.6. The maximum Gasteiger partial charge on any atom is 0.264 e. The summed E-state index contributed by atoms with van der Waals surface area (Å²) in [7, 11) is -4.25. The molecule has 0 bridgehead atoms. The largest absolute Gasteiger partial charge is 0.457 e. The van der Waals surface area contributed by atoms with Gasteiger partial charge in [-0.25, -0.2) is 8.42 Å². The fourth-order valence-corrected chi connectivity index (χ4v) is 6.99. The Morgan fingerprint density at radius 3 is 1.96 bits per heavy atom. The predicted molar refractivity (Wildman–Crippen MR) is 203 cm³/mol. The number of carbonyl (C=O) groups is 2. The summed E-state index contributed by atoms with van der Waals surface area (Å²) in [4.78, 5) is 30.3. The first-order chi connectivity index (χ1) is 24.5. The number of benzene rings is 5. The van der Waals surface area contributed by atoms with Crippen molar-refractivity contribution in [1.29, 1.82) is 0 Å². The molecule has 0 radical (unpaired) electrons. The fraction of sp³-hybridized carbons (Fsp3) is 0.220. The molecule has 2 unspecified atom stereocenters. The molecule has 0 aliphatic rings. The Hall–Kier alpha value is -5.12. The number of aryl methyl sites for hydroxylation is 1. The number of nitrogens with one attached hydrogen (secondary N) is 1. The van der Waals surface area contributed by atoms with Crippen LogP contribution in [-0.2, 0) is 32.6 Å². The molecule has 5 rings (SSSR count). The van der Waals surface area contributed by atoms with Crippen LogP contribution in [0.2, 0.25) is 5.02 Å². The summed E-state index contributed by atoms with van der Waals surface area (Å²) in [5.74, 6) is 0.247. The number of sulfonamides is 1. The number of nitrogens with zero attached hydrogens (tertiary/aromatic N) is 2. The van der Waals surface area contributed by atoms with Crippen molar-refractivity contribution in [3.05, 3.63) is 155 Å². The molecular weight excluding hydrogens is 682 g/mol. The van der Waals surface area contributed by atoms with Crippen LogP contribution in [0.5, 0.6) is 11.5 Å². The van der Waals surface area contributed by atoms with Crippen molar-refractivity contribution in [1.82, 2.24) is 10.2 Å². The normalized spacial score (nSPS) is 12.4. The molecule has 0 fully saturated rings. The third-order valence-electron chi connectivity index (χ3n) is 8.53. The Bertz CT molecular complexity index is 1990. The van der Waals surface area contributed by atoms with Gasteiger partial charge in [0.2, 0.25) is 11.8 Å². The van der Waals surface area contributed by atoms with Crippen molar-refractivity contribution < 1.29 is 22.7 Å². The van der Waals surface area contributed by atoms with Gasteiger partial charge < -0.3 is 15.0 Å². The molecule has 0 aliphatic carbocycles. The third kappa shape index (κ3) is 9.99. The smallest absolute Gasteiger partial charge is 0.264 e. The van der Waals surface area contributed by atoms with E-state index < -0.39 is 28.5 Å². The summed E-state index contributed by atoms with van der Waals surface area (Å²) in [5.41, 5.74) is 2.75. The van der Waals surface area contributed by atoms with Crippen molar-refractivity contribution in [3.63, 3.8) is 0 Å². The van der Waals surface area contributed by atoms with Crippen molar-refractivity contribution in [2.24, 2.45) is 0 Å². The van der Waals surface area contributed by atoms with E-state index in [4.69, 9.17) is 16.3 Å². The van der Waals surface area contributed by atoms with Crippen LogP contribution in [0.25, 0.3) is 0 Å². The number of anilines is 1. The van der Waals surface area contributed by atoms with Gasteiger partial charge in [-0.05, 0) is 92.1 Å². The van der Waals surface area contributed by atoms with Crippen LogP contribution in [0.4, 0.5) is 5.69 Å². The van der Waals surface area contributed by atoms with Gasteiger partial charge in [-0.1, -0.05) is 96.9 Å². The van der Waals surface area contributed by atoms with Crippen molar-refractivity contribution >= 4 is 39.1 Å². The van der Waals surface area contributed by atoms with Gasteiger partial charge in [0.15, 0.2) is 0 Å². The van der Waals surface area contributed by atoms with Crippen LogP contribution in [0.15, 0.2) is 138 Å². The van der Waals surface area contributed by atoms with Gasteiger partial charge in [0.05, 0.1) is 10.6 Å². The minimum atomic E-state index is -4.25. The van der Waals surface area contributed by atoms with Crippen molar-refractivity contribution in [2.45, 2.75) is 57.1 Å². The Morgan fingerprint density at radius 2 is 1.35 bits per heavy atom. The zero-order valence-corrected chi connectivity index (χ0v) is 30.5. The number of carbonyl (C=O) groups excluding carboxylic acids is 2. The lowest BCUT2D eigenvalue weighted by Gasteiger charge is -2.34. The summed E-state index contributed by atoms with van der Waals surface area (Å²) in [6.07, 6.45) is 0.917. The maximum atomic E-state index is 14.7. The molecule has 51 heavy (non-hydrogen) atoms. The summed E-state index contributed by atoms with van der Waals surface area (Å²) < 4.78 is 35.8. The summed E-state index contributed by atoms with van der Waals surface area (Å²) in [6.45, 7) is 5.23. The van der Waals surface area contributed by atoms with Crippen LogP contribution in [0.3, 0.4) is 0 Å². The first kappa shape index (κ1) is 37.1. The molecule has 5 aromatic rings. The highest BCUT2D eigenvalue weighted by atomic mass is 35.5. The number of rotatable bonds is 15. The Kier molecular flexibility index (Phi) is 12.5. The van der Waals surface area contributed by atoms with E-state index in [1.54, 1.807) is 60.7 Å². The number of para-hydroxylation sites is 1. The number of amides is 2. The SMILES string of the molecule is CCC(C)NC(=O)C(Cc1ccccc1)N(Cc1ccc(Cl)cc1)C(=O)CN(c1ccc(Oc2ccccc2)cc1)S(=O)(=O)c1ccc(C)cc1. The molecule has 0 heterocycles. The molecule has 264 valence electrons. The summed E-state index contributed by atoms with van der Waals surface area (Å²) in [6, 6.07) is 37.6.